The number of benzene rings is 2. The first-order valence-electron chi connectivity index (χ1n) is 9.94. The smallest absolute Gasteiger partial charge is 0.338 e. The van der Waals surface area contributed by atoms with Gasteiger partial charge in [-0.3, -0.25) is 4.79 Å². The van der Waals surface area contributed by atoms with Crippen molar-refractivity contribution < 1.29 is 14.3 Å². The second-order valence-electron chi connectivity index (χ2n) is 7.53. The van der Waals surface area contributed by atoms with Gasteiger partial charge in [0.25, 0.3) is 5.91 Å². The summed E-state index contributed by atoms with van der Waals surface area (Å²) in [7, 11) is 0. The van der Waals surface area contributed by atoms with Crippen molar-refractivity contribution in [3.63, 3.8) is 0 Å². The highest BCUT2D eigenvalue weighted by Gasteiger charge is 2.17. The monoisotopic (exact) mass is 406 g/mol. The number of amides is 1. The van der Waals surface area contributed by atoms with Crippen LogP contribution in [-0.2, 0) is 16.1 Å². The van der Waals surface area contributed by atoms with Crippen LogP contribution in [0.1, 0.15) is 47.8 Å². The molecule has 0 saturated carbocycles. The minimum absolute atomic E-state index is 0.117. The van der Waals surface area contributed by atoms with Gasteiger partial charge in [0.2, 0.25) is 0 Å². The molecule has 30 heavy (non-hydrogen) atoms. The van der Waals surface area contributed by atoms with Gasteiger partial charge in [-0.15, -0.1) is 0 Å². The van der Waals surface area contributed by atoms with Gasteiger partial charge in [0.05, 0.1) is 18.2 Å². The highest BCUT2D eigenvalue weighted by molar-refractivity contribution is 5.91. The van der Waals surface area contributed by atoms with E-state index in [1.165, 1.54) is 6.33 Å². The van der Waals surface area contributed by atoms with Gasteiger partial charge in [0.1, 0.15) is 12.7 Å². The molecule has 7 heteroatoms. The molecule has 0 aliphatic rings. The molecule has 1 unspecified atom stereocenters. The number of esters is 1. The number of carbonyl (C=O) groups is 2. The summed E-state index contributed by atoms with van der Waals surface area (Å²) < 4.78 is 6.89. The summed E-state index contributed by atoms with van der Waals surface area (Å²) in [4.78, 5) is 28.6. The molecule has 156 valence electrons. The fourth-order valence-corrected chi connectivity index (χ4v) is 3.13. The molecule has 1 amide bonds. The average Bonchev–Trinajstić information content (AvgIpc) is 3.25. The predicted molar refractivity (Wildman–Crippen MR) is 113 cm³/mol. The minimum Gasteiger partial charge on any atom is -0.452 e. The number of nitrogens with one attached hydrogen (secondary N) is 1. The van der Waals surface area contributed by atoms with E-state index in [0.29, 0.717) is 18.0 Å². The zero-order valence-electron chi connectivity index (χ0n) is 17.2. The molecule has 7 nitrogen and oxygen atoms in total. The first kappa shape index (κ1) is 21.2. The summed E-state index contributed by atoms with van der Waals surface area (Å²) in [5.74, 6) is -0.438. The molecule has 1 N–H and O–H groups in total. The standard InChI is InChI=1S/C23H26N4O3/c1-17(2)12-21(19-6-4-3-5-7-19)26-22(28)14-30-23(29)20-10-8-18(9-11-20)13-27-16-24-15-25-27/h3-11,15-17,21H,12-14H2,1-2H3,(H,26,28). The summed E-state index contributed by atoms with van der Waals surface area (Å²) in [5, 5.41) is 7.02. The molecule has 1 aromatic heterocycles. The van der Waals surface area contributed by atoms with E-state index in [1.54, 1.807) is 23.1 Å². The maximum Gasteiger partial charge on any atom is 0.338 e. The molecule has 0 radical (unpaired) electrons. The second-order valence-corrected chi connectivity index (χ2v) is 7.53. The first-order valence-corrected chi connectivity index (χ1v) is 9.94. The quantitative estimate of drug-likeness (QED) is 0.551. The van der Waals surface area contributed by atoms with Crippen LogP contribution in [0.15, 0.2) is 67.3 Å². The molecule has 3 rings (SSSR count). The van der Waals surface area contributed by atoms with Gasteiger partial charge in [-0.1, -0.05) is 56.3 Å². The Kier molecular flexibility index (Phi) is 7.32. The summed E-state index contributed by atoms with van der Waals surface area (Å²) >= 11 is 0. The van der Waals surface area contributed by atoms with Crippen LogP contribution in [0, 0.1) is 5.92 Å². The van der Waals surface area contributed by atoms with Gasteiger partial charge in [-0.2, -0.15) is 5.10 Å². The lowest BCUT2D eigenvalue weighted by Gasteiger charge is -2.21. The summed E-state index contributed by atoms with van der Waals surface area (Å²) in [5.41, 5.74) is 2.41. The van der Waals surface area contributed by atoms with Gasteiger partial charge >= 0.3 is 5.97 Å². The van der Waals surface area contributed by atoms with E-state index < -0.39 is 5.97 Å². The van der Waals surface area contributed by atoms with Crippen molar-refractivity contribution in [2.45, 2.75) is 32.9 Å². The minimum atomic E-state index is -0.530. The number of hydrogen-bond donors (Lipinski definition) is 1. The van der Waals surface area contributed by atoms with Gasteiger partial charge < -0.3 is 10.1 Å². The molecular formula is C23H26N4O3. The van der Waals surface area contributed by atoms with Crippen LogP contribution in [0.4, 0.5) is 0 Å². The van der Waals surface area contributed by atoms with E-state index >= 15 is 0 Å². The molecule has 0 saturated heterocycles. The number of nitrogens with zero attached hydrogens (tertiary/aromatic N) is 3. The number of rotatable bonds is 9. The number of carbonyl (C=O) groups excluding carboxylic acids is 2. The summed E-state index contributed by atoms with van der Waals surface area (Å²) in [6, 6.07) is 16.7. The third kappa shape index (κ3) is 6.27. The fourth-order valence-electron chi connectivity index (χ4n) is 3.13. The Morgan fingerprint density at radius 3 is 2.43 bits per heavy atom. The van der Waals surface area contributed by atoms with E-state index in [2.05, 4.69) is 29.2 Å². The third-order valence-corrected chi connectivity index (χ3v) is 4.58. The largest absolute Gasteiger partial charge is 0.452 e. The second kappa shape index (κ2) is 10.3. The van der Waals surface area contributed by atoms with Crippen molar-refractivity contribution in [1.29, 1.82) is 0 Å². The molecule has 3 aromatic rings. The maximum atomic E-state index is 12.4. The van der Waals surface area contributed by atoms with Crippen LogP contribution in [0.5, 0.6) is 0 Å². The zero-order valence-corrected chi connectivity index (χ0v) is 17.2. The predicted octanol–water partition coefficient (Wildman–Crippen LogP) is 3.39. The molecule has 2 aromatic carbocycles. The Morgan fingerprint density at radius 1 is 1.07 bits per heavy atom. The van der Waals surface area contributed by atoms with Crippen LogP contribution in [0.25, 0.3) is 0 Å². The third-order valence-electron chi connectivity index (χ3n) is 4.58. The summed E-state index contributed by atoms with van der Waals surface area (Å²) in [6.07, 6.45) is 3.90. The number of ether oxygens (including phenoxy) is 1. The zero-order chi connectivity index (χ0) is 21.3. The van der Waals surface area contributed by atoms with Crippen LogP contribution < -0.4 is 5.32 Å². The lowest BCUT2D eigenvalue weighted by Crippen LogP contribution is -2.33. The SMILES string of the molecule is CC(C)CC(NC(=O)COC(=O)c1ccc(Cn2cncn2)cc1)c1ccccc1. The van der Waals surface area contributed by atoms with E-state index in [-0.39, 0.29) is 18.6 Å². The topological polar surface area (TPSA) is 86.1 Å². The van der Waals surface area contributed by atoms with Crippen LogP contribution in [0.2, 0.25) is 0 Å². The van der Waals surface area contributed by atoms with E-state index in [1.807, 2.05) is 42.5 Å². The van der Waals surface area contributed by atoms with Crippen molar-refractivity contribution in [2.75, 3.05) is 6.61 Å². The van der Waals surface area contributed by atoms with Gasteiger partial charge in [0, 0.05) is 0 Å². The van der Waals surface area contributed by atoms with Crippen molar-refractivity contribution in [2.24, 2.45) is 5.92 Å². The first-order chi connectivity index (χ1) is 14.5. The molecule has 0 spiro atoms. The Balaban J connectivity index is 1.52. The lowest BCUT2D eigenvalue weighted by molar-refractivity contribution is -0.125. The van der Waals surface area contributed by atoms with Crippen molar-refractivity contribution in [1.82, 2.24) is 20.1 Å². The Morgan fingerprint density at radius 2 is 1.80 bits per heavy atom. The van der Waals surface area contributed by atoms with Crippen LogP contribution in [-0.4, -0.2) is 33.2 Å². The van der Waals surface area contributed by atoms with E-state index in [0.717, 1.165) is 17.5 Å². The summed E-state index contributed by atoms with van der Waals surface area (Å²) in [6.45, 7) is 4.46. The Bertz CT molecular complexity index is 938. The van der Waals surface area contributed by atoms with Crippen LogP contribution in [0.3, 0.4) is 0 Å². The lowest BCUT2D eigenvalue weighted by atomic mass is 9.97. The molecule has 1 heterocycles. The molecule has 1 atom stereocenters. The Labute approximate surface area is 176 Å². The van der Waals surface area contributed by atoms with Crippen molar-refractivity contribution in [3.8, 4) is 0 Å². The molecule has 0 bridgehead atoms. The van der Waals surface area contributed by atoms with Gasteiger partial charge in [-0.05, 0) is 35.6 Å². The van der Waals surface area contributed by atoms with Gasteiger partial charge in [-0.25, -0.2) is 14.5 Å². The average molecular weight is 406 g/mol. The number of hydrogen-bond acceptors (Lipinski definition) is 5. The highest BCUT2D eigenvalue weighted by Crippen LogP contribution is 2.21. The van der Waals surface area contributed by atoms with Crippen molar-refractivity contribution in [3.05, 3.63) is 83.9 Å². The highest BCUT2D eigenvalue weighted by atomic mass is 16.5. The van der Waals surface area contributed by atoms with E-state index in [9.17, 15) is 9.59 Å². The fraction of sp³-hybridized carbons (Fsp3) is 0.304. The number of aromatic nitrogens is 3. The molecule has 0 aliphatic carbocycles. The van der Waals surface area contributed by atoms with E-state index in [4.69, 9.17) is 4.74 Å². The van der Waals surface area contributed by atoms with Gasteiger partial charge in [0.15, 0.2) is 6.61 Å². The maximum absolute atomic E-state index is 12.4. The van der Waals surface area contributed by atoms with Crippen molar-refractivity contribution >= 4 is 11.9 Å². The Hall–Kier alpha value is -3.48. The van der Waals surface area contributed by atoms with Crippen LogP contribution >= 0.6 is 0 Å². The molecular weight excluding hydrogens is 380 g/mol. The normalized spacial score (nSPS) is 11.8. The molecule has 0 aliphatic heterocycles. The molecule has 0 fully saturated rings.